The topological polar surface area (TPSA) is 114 Å². The van der Waals surface area contributed by atoms with E-state index in [1.54, 1.807) is 47.4 Å². The Kier molecular flexibility index (Phi) is 7.65. The molecule has 40 heavy (non-hydrogen) atoms. The van der Waals surface area contributed by atoms with Gasteiger partial charge in [0.1, 0.15) is 28.8 Å². The van der Waals surface area contributed by atoms with Crippen LogP contribution in [0.25, 0.3) is 0 Å². The van der Waals surface area contributed by atoms with E-state index in [1.807, 2.05) is 30.3 Å². The summed E-state index contributed by atoms with van der Waals surface area (Å²) in [6.07, 6.45) is 0.821. The fourth-order valence-corrected chi connectivity index (χ4v) is 4.54. The molecule has 4 N–H and O–H groups in total. The summed E-state index contributed by atoms with van der Waals surface area (Å²) in [6.45, 7) is 0.747. The molecule has 0 bridgehead atoms. The molecule has 0 unspecified atom stereocenters. The Hall–Kier alpha value is -4.89. The number of benzene rings is 4. The molecule has 1 saturated heterocycles. The van der Waals surface area contributed by atoms with Gasteiger partial charge in [-0.2, -0.15) is 0 Å². The molecule has 9 heteroatoms. The zero-order valence-electron chi connectivity index (χ0n) is 21.5. The number of amides is 3. The molecule has 4 aromatic rings. The highest BCUT2D eigenvalue weighted by molar-refractivity contribution is 5.93. The van der Waals surface area contributed by atoms with E-state index in [9.17, 15) is 19.1 Å². The van der Waals surface area contributed by atoms with Crippen LogP contribution in [0.2, 0.25) is 0 Å². The van der Waals surface area contributed by atoms with E-state index < -0.39 is 17.3 Å². The third kappa shape index (κ3) is 6.39. The molecule has 8 nitrogen and oxygen atoms in total. The molecule has 3 amide bonds. The number of urea groups is 1. The molecule has 1 aliphatic heterocycles. The summed E-state index contributed by atoms with van der Waals surface area (Å²) >= 11 is 0. The number of aliphatic hydroxyl groups is 1. The lowest BCUT2D eigenvalue weighted by atomic mass is 9.84. The molecule has 5 rings (SSSR count). The van der Waals surface area contributed by atoms with Crippen molar-refractivity contribution in [3.8, 4) is 23.0 Å². The Morgan fingerprint density at radius 3 is 1.90 bits per heavy atom. The number of primary amides is 1. The van der Waals surface area contributed by atoms with Crippen LogP contribution in [0.5, 0.6) is 23.0 Å². The van der Waals surface area contributed by atoms with Crippen molar-refractivity contribution in [1.82, 2.24) is 4.90 Å². The zero-order chi connectivity index (χ0) is 28.1. The van der Waals surface area contributed by atoms with Crippen LogP contribution in [0.3, 0.4) is 0 Å². The van der Waals surface area contributed by atoms with Crippen LogP contribution in [0.15, 0.2) is 97.1 Å². The van der Waals surface area contributed by atoms with Crippen molar-refractivity contribution in [3.63, 3.8) is 0 Å². The van der Waals surface area contributed by atoms with Crippen molar-refractivity contribution < 1.29 is 28.6 Å². The van der Waals surface area contributed by atoms with Gasteiger partial charge in [-0.15, -0.1) is 0 Å². The van der Waals surface area contributed by atoms with E-state index in [2.05, 4.69) is 5.32 Å². The van der Waals surface area contributed by atoms with E-state index in [4.69, 9.17) is 15.2 Å². The predicted molar refractivity (Wildman–Crippen MR) is 148 cm³/mol. The summed E-state index contributed by atoms with van der Waals surface area (Å²) in [5, 5.41) is 14.0. The molecule has 0 saturated carbocycles. The SMILES string of the molecule is NC(=O)c1ccc(Oc2cc(NC(=O)N3CCC(O)(c4ccccc4)CC3)cc(Oc3ccc(F)cc3)c2)cc1. The lowest BCUT2D eigenvalue weighted by molar-refractivity contribution is -0.0157. The van der Waals surface area contributed by atoms with Gasteiger partial charge in [0.15, 0.2) is 0 Å². The van der Waals surface area contributed by atoms with Crippen molar-refractivity contribution in [3.05, 3.63) is 114 Å². The Morgan fingerprint density at radius 2 is 1.35 bits per heavy atom. The fraction of sp³-hybridized carbons (Fsp3) is 0.161. The van der Waals surface area contributed by atoms with Crippen molar-refractivity contribution in [2.75, 3.05) is 18.4 Å². The number of carbonyl (C=O) groups is 2. The molecular weight excluding hydrogens is 513 g/mol. The second kappa shape index (κ2) is 11.5. The second-order valence-electron chi connectivity index (χ2n) is 9.55. The van der Waals surface area contributed by atoms with Crippen LogP contribution in [0.1, 0.15) is 28.8 Å². The van der Waals surface area contributed by atoms with Gasteiger partial charge in [-0.3, -0.25) is 4.79 Å². The number of nitrogens with zero attached hydrogens (tertiary/aromatic N) is 1. The van der Waals surface area contributed by atoms with Crippen molar-refractivity contribution >= 4 is 17.6 Å². The standard InChI is InChI=1S/C31H28FN3O5/c32-23-8-12-26(13-9-23)40-28-19-24(18-27(20-28)39-25-10-6-21(7-11-25)29(33)36)34-30(37)35-16-14-31(38,15-17-35)22-4-2-1-3-5-22/h1-13,18-20,38H,14-17H2,(H2,33,36)(H,34,37). The Bertz CT molecular complexity index is 1490. The molecule has 0 radical (unpaired) electrons. The second-order valence-corrected chi connectivity index (χ2v) is 9.55. The van der Waals surface area contributed by atoms with Crippen LogP contribution in [-0.4, -0.2) is 35.0 Å². The van der Waals surface area contributed by atoms with Gasteiger partial charge in [-0.25, -0.2) is 9.18 Å². The third-order valence-corrected chi connectivity index (χ3v) is 6.74. The molecule has 0 spiro atoms. The Labute approximate surface area is 230 Å². The first-order valence-corrected chi connectivity index (χ1v) is 12.8. The van der Waals surface area contributed by atoms with Crippen LogP contribution >= 0.6 is 0 Å². The van der Waals surface area contributed by atoms with Crippen LogP contribution in [-0.2, 0) is 5.60 Å². The van der Waals surface area contributed by atoms with Gasteiger partial charge in [0.2, 0.25) is 5.91 Å². The number of piperidine rings is 1. The average molecular weight is 542 g/mol. The summed E-state index contributed by atoms with van der Waals surface area (Å²) in [6, 6.07) is 25.9. The lowest BCUT2D eigenvalue weighted by Crippen LogP contribution is -2.46. The molecule has 204 valence electrons. The number of anilines is 1. The van der Waals surface area contributed by atoms with E-state index in [0.717, 1.165) is 5.56 Å². The average Bonchev–Trinajstić information content (AvgIpc) is 2.95. The highest BCUT2D eigenvalue weighted by atomic mass is 19.1. The number of carbonyl (C=O) groups excluding carboxylic acids is 2. The molecule has 1 aliphatic rings. The summed E-state index contributed by atoms with van der Waals surface area (Å²) in [4.78, 5) is 26.2. The molecule has 4 aromatic carbocycles. The van der Waals surface area contributed by atoms with Gasteiger partial charge >= 0.3 is 6.03 Å². The molecule has 0 atom stereocenters. The number of ether oxygens (including phenoxy) is 2. The number of hydrogen-bond acceptors (Lipinski definition) is 5. The number of nitrogens with one attached hydrogen (secondary N) is 1. The van der Waals surface area contributed by atoms with Crippen LogP contribution in [0, 0.1) is 5.82 Å². The number of nitrogens with two attached hydrogens (primary N) is 1. The summed E-state index contributed by atoms with van der Waals surface area (Å²) in [7, 11) is 0. The molecule has 0 aromatic heterocycles. The van der Waals surface area contributed by atoms with Gasteiger partial charge < -0.3 is 30.5 Å². The number of likely N-dealkylation sites (tertiary alicyclic amines) is 1. The quantitative estimate of drug-likeness (QED) is 0.265. The van der Waals surface area contributed by atoms with E-state index >= 15 is 0 Å². The van der Waals surface area contributed by atoms with Gasteiger partial charge in [-0.1, -0.05) is 30.3 Å². The monoisotopic (exact) mass is 541 g/mol. The maximum absolute atomic E-state index is 13.4. The van der Waals surface area contributed by atoms with E-state index in [-0.39, 0.29) is 6.03 Å². The Balaban J connectivity index is 1.33. The first-order valence-electron chi connectivity index (χ1n) is 12.8. The Morgan fingerprint density at radius 1 is 0.800 bits per heavy atom. The number of hydrogen-bond donors (Lipinski definition) is 3. The molecular formula is C31H28FN3O5. The van der Waals surface area contributed by atoms with Gasteiger partial charge in [0, 0.05) is 42.5 Å². The summed E-state index contributed by atoms with van der Waals surface area (Å²) in [5.41, 5.74) is 5.93. The van der Waals surface area contributed by atoms with Crippen molar-refractivity contribution in [2.45, 2.75) is 18.4 Å². The molecule has 1 fully saturated rings. The van der Waals surface area contributed by atoms with Crippen LogP contribution in [0.4, 0.5) is 14.9 Å². The minimum absolute atomic E-state index is 0.328. The summed E-state index contributed by atoms with van der Waals surface area (Å²) in [5.74, 6) is 0.614. The van der Waals surface area contributed by atoms with Gasteiger partial charge in [0.25, 0.3) is 0 Å². The number of halogens is 1. The fourth-order valence-electron chi connectivity index (χ4n) is 4.54. The van der Waals surface area contributed by atoms with E-state index in [0.29, 0.717) is 60.2 Å². The van der Waals surface area contributed by atoms with Gasteiger partial charge in [-0.05, 0) is 66.9 Å². The predicted octanol–water partition coefficient (Wildman–Crippen LogP) is 6.02. The largest absolute Gasteiger partial charge is 0.457 e. The van der Waals surface area contributed by atoms with Crippen LogP contribution < -0.4 is 20.5 Å². The van der Waals surface area contributed by atoms with Crippen molar-refractivity contribution in [1.29, 1.82) is 0 Å². The molecule has 1 heterocycles. The van der Waals surface area contributed by atoms with E-state index in [1.165, 1.54) is 24.3 Å². The normalized spacial score (nSPS) is 14.3. The third-order valence-electron chi connectivity index (χ3n) is 6.74. The first kappa shape index (κ1) is 26.7. The van der Waals surface area contributed by atoms with Gasteiger partial charge in [0.05, 0.1) is 5.60 Å². The molecule has 0 aliphatic carbocycles. The lowest BCUT2D eigenvalue weighted by Gasteiger charge is -2.38. The smallest absolute Gasteiger partial charge is 0.321 e. The highest BCUT2D eigenvalue weighted by Crippen LogP contribution is 2.35. The minimum atomic E-state index is -0.980. The zero-order valence-corrected chi connectivity index (χ0v) is 21.5. The highest BCUT2D eigenvalue weighted by Gasteiger charge is 2.35. The minimum Gasteiger partial charge on any atom is -0.457 e. The number of rotatable bonds is 7. The maximum Gasteiger partial charge on any atom is 0.321 e. The van der Waals surface area contributed by atoms with Crippen molar-refractivity contribution in [2.24, 2.45) is 5.73 Å². The summed E-state index contributed by atoms with van der Waals surface area (Å²) < 4.78 is 25.2. The maximum atomic E-state index is 13.4. The first-order chi connectivity index (χ1) is 19.3.